The lowest BCUT2D eigenvalue weighted by molar-refractivity contribution is 0.510. The number of imidazole rings is 1. The lowest BCUT2D eigenvalue weighted by Crippen LogP contribution is -2.13. The number of hydrogen-bond donors (Lipinski definition) is 1. The number of nitrogens with zero attached hydrogens (tertiary/aromatic N) is 2. The zero-order valence-electron chi connectivity index (χ0n) is 10.1. The minimum Gasteiger partial charge on any atom is -0.330 e. The van der Waals surface area contributed by atoms with Crippen molar-refractivity contribution in [1.82, 2.24) is 9.55 Å². The molecule has 0 atom stereocenters. The van der Waals surface area contributed by atoms with Crippen molar-refractivity contribution in [2.45, 2.75) is 38.1 Å². The van der Waals surface area contributed by atoms with Gasteiger partial charge in [-0.3, -0.25) is 0 Å². The monoisotopic (exact) mass is 229 g/mol. The van der Waals surface area contributed by atoms with Gasteiger partial charge in [0, 0.05) is 12.5 Å². The Hall–Kier alpha value is -1.35. The Labute approximate surface area is 102 Å². The van der Waals surface area contributed by atoms with Gasteiger partial charge in [-0.15, -0.1) is 0 Å². The molecular formula is C14H19N3. The van der Waals surface area contributed by atoms with E-state index in [9.17, 15) is 0 Å². The molecule has 3 heteroatoms. The molecule has 1 fully saturated rings. The molecule has 1 aromatic heterocycles. The van der Waals surface area contributed by atoms with E-state index in [2.05, 4.69) is 28.8 Å². The van der Waals surface area contributed by atoms with E-state index in [0.29, 0.717) is 12.6 Å². The molecule has 1 heterocycles. The van der Waals surface area contributed by atoms with E-state index in [0.717, 1.165) is 11.9 Å². The highest BCUT2D eigenvalue weighted by Gasteiger charge is 2.21. The minimum atomic E-state index is 0.643. The molecule has 2 aromatic rings. The van der Waals surface area contributed by atoms with Crippen LogP contribution in [-0.2, 0) is 6.42 Å². The van der Waals surface area contributed by atoms with E-state index >= 15 is 0 Å². The number of rotatable bonds is 3. The Morgan fingerprint density at radius 1 is 1.24 bits per heavy atom. The van der Waals surface area contributed by atoms with Gasteiger partial charge in [0.25, 0.3) is 0 Å². The number of fused-ring (bicyclic) bond motifs is 1. The summed E-state index contributed by atoms with van der Waals surface area (Å²) in [6, 6.07) is 9.08. The highest BCUT2D eigenvalue weighted by atomic mass is 15.1. The third-order valence-electron chi connectivity index (χ3n) is 3.73. The molecule has 1 aliphatic carbocycles. The highest BCUT2D eigenvalue weighted by Crippen LogP contribution is 2.33. The number of aromatic nitrogens is 2. The fraction of sp³-hybridized carbons (Fsp3) is 0.500. The summed E-state index contributed by atoms with van der Waals surface area (Å²) in [5, 5.41) is 0. The third kappa shape index (κ3) is 1.84. The summed E-state index contributed by atoms with van der Waals surface area (Å²) in [6.45, 7) is 0.677. The zero-order valence-corrected chi connectivity index (χ0v) is 10.1. The Morgan fingerprint density at radius 3 is 2.76 bits per heavy atom. The van der Waals surface area contributed by atoms with Crippen LogP contribution >= 0.6 is 0 Å². The van der Waals surface area contributed by atoms with Crippen molar-refractivity contribution >= 4 is 11.0 Å². The normalized spacial score (nSPS) is 17.0. The van der Waals surface area contributed by atoms with Gasteiger partial charge in [0.05, 0.1) is 11.0 Å². The van der Waals surface area contributed by atoms with E-state index in [4.69, 9.17) is 10.7 Å². The van der Waals surface area contributed by atoms with Crippen LogP contribution in [-0.4, -0.2) is 16.1 Å². The molecule has 0 unspecified atom stereocenters. The summed E-state index contributed by atoms with van der Waals surface area (Å²) in [7, 11) is 0. The second-order valence-electron chi connectivity index (χ2n) is 4.86. The van der Waals surface area contributed by atoms with Crippen molar-refractivity contribution in [1.29, 1.82) is 0 Å². The maximum atomic E-state index is 5.70. The summed E-state index contributed by atoms with van der Waals surface area (Å²) >= 11 is 0. The fourth-order valence-corrected chi connectivity index (χ4v) is 2.97. The van der Waals surface area contributed by atoms with Crippen LogP contribution < -0.4 is 5.73 Å². The lowest BCUT2D eigenvalue weighted by Gasteiger charge is -2.16. The van der Waals surface area contributed by atoms with Crippen LogP contribution in [0.15, 0.2) is 24.3 Å². The quantitative estimate of drug-likeness (QED) is 0.879. The number of para-hydroxylation sites is 2. The van der Waals surface area contributed by atoms with Gasteiger partial charge in [0.15, 0.2) is 0 Å². The van der Waals surface area contributed by atoms with Gasteiger partial charge >= 0.3 is 0 Å². The van der Waals surface area contributed by atoms with Gasteiger partial charge < -0.3 is 10.3 Å². The molecule has 3 nitrogen and oxygen atoms in total. The van der Waals surface area contributed by atoms with Gasteiger partial charge in [0.1, 0.15) is 5.82 Å². The molecule has 3 rings (SSSR count). The Kier molecular flexibility index (Phi) is 2.85. The lowest BCUT2D eigenvalue weighted by atomic mass is 10.2. The van der Waals surface area contributed by atoms with E-state index < -0.39 is 0 Å². The largest absolute Gasteiger partial charge is 0.330 e. The summed E-state index contributed by atoms with van der Waals surface area (Å²) in [6.07, 6.45) is 6.15. The first-order valence-corrected chi connectivity index (χ1v) is 6.56. The molecular weight excluding hydrogens is 210 g/mol. The number of benzene rings is 1. The van der Waals surface area contributed by atoms with Crippen molar-refractivity contribution in [3.05, 3.63) is 30.1 Å². The Morgan fingerprint density at radius 2 is 2.00 bits per heavy atom. The Bertz CT molecular complexity index is 509. The molecule has 0 spiro atoms. The predicted octanol–water partition coefficient (Wildman–Crippen LogP) is 2.65. The molecule has 1 aliphatic rings. The van der Waals surface area contributed by atoms with Crippen molar-refractivity contribution in [2.24, 2.45) is 5.73 Å². The van der Waals surface area contributed by atoms with E-state index in [1.807, 2.05) is 0 Å². The number of hydrogen-bond acceptors (Lipinski definition) is 2. The minimum absolute atomic E-state index is 0.643. The zero-order chi connectivity index (χ0) is 11.7. The van der Waals surface area contributed by atoms with Gasteiger partial charge in [-0.25, -0.2) is 4.98 Å². The fourth-order valence-electron chi connectivity index (χ4n) is 2.97. The highest BCUT2D eigenvalue weighted by molar-refractivity contribution is 5.76. The maximum absolute atomic E-state index is 5.70. The number of nitrogens with two attached hydrogens (primary N) is 1. The SMILES string of the molecule is NCCc1nc2ccccc2n1C1CCCC1. The van der Waals surface area contributed by atoms with E-state index in [1.54, 1.807) is 0 Å². The summed E-state index contributed by atoms with van der Waals surface area (Å²) < 4.78 is 2.44. The third-order valence-corrected chi connectivity index (χ3v) is 3.73. The second-order valence-corrected chi connectivity index (χ2v) is 4.86. The molecule has 17 heavy (non-hydrogen) atoms. The molecule has 1 saturated carbocycles. The smallest absolute Gasteiger partial charge is 0.111 e. The van der Waals surface area contributed by atoms with E-state index in [-0.39, 0.29) is 0 Å². The second kappa shape index (κ2) is 4.49. The van der Waals surface area contributed by atoms with Crippen LogP contribution in [0.3, 0.4) is 0 Å². The van der Waals surface area contributed by atoms with Gasteiger partial charge in [-0.2, -0.15) is 0 Å². The predicted molar refractivity (Wildman–Crippen MR) is 70.0 cm³/mol. The van der Waals surface area contributed by atoms with Crippen molar-refractivity contribution < 1.29 is 0 Å². The maximum Gasteiger partial charge on any atom is 0.111 e. The summed E-state index contributed by atoms with van der Waals surface area (Å²) in [5.74, 6) is 1.17. The van der Waals surface area contributed by atoms with Crippen molar-refractivity contribution in [3.8, 4) is 0 Å². The molecule has 0 aliphatic heterocycles. The van der Waals surface area contributed by atoms with Crippen molar-refractivity contribution in [3.63, 3.8) is 0 Å². The topological polar surface area (TPSA) is 43.8 Å². The van der Waals surface area contributed by atoms with Crippen LogP contribution in [0.25, 0.3) is 11.0 Å². The molecule has 0 bridgehead atoms. The Balaban J connectivity index is 2.13. The average Bonchev–Trinajstić information content (AvgIpc) is 2.94. The molecule has 0 radical (unpaired) electrons. The first kappa shape index (κ1) is 10.8. The summed E-state index contributed by atoms with van der Waals surface area (Å²) in [5.41, 5.74) is 8.09. The van der Waals surface area contributed by atoms with Gasteiger partial charge in [-0.1, -0.05) is 25.0 Å². The standard InChI is InChI=1S/C14H19N3/c15-10-9-14-16-12-7-3-4-8-13(12)17(14)11-5-1-2-6-11/h3-4,7-8,11H,1-2,5-6,9-10,15H2. The van der Waals surface area contributed by atoms with Crippen LogP contribution in [0.1, 0.15) is 37.5 Å². The molecule has 2 N–H and O–H groups in total. The first-order chi connectivity index (χ1) is 8.40. The summed E-state index contributed by atoms with van der Waals surface area (Å²) in [4.78, 5) is 4.73. The van der Waals surface area contributed by atoms with Crippen molar-refractivity contribution in [2.75, 3.05) is 6.54 Å². The average molecular weight is 229 g/mol. The first-order valence-electron chi connectivity index (χ1n) is 6.56. The molecule has 0 saturated heterocycles. The molecule has 0 amide bonds. The van der Waals surface area contributed by atoms with Crippen LogP contribution in [0, 0.1) is 0 Å². The van der Waals surface area contributed by atoms with Gasteiger partial charge in [-0.05, 0) is 31.5 Å². The van der Waals surface area contributed by atoms with Crippen LogP contribution in [0.4, 0.5) is 0 Å². The van der Waals surface area contributed by atoms with Crippen LogP contribution in [0.2, 0.25) is 0 Å². The van der Waals surface area contributed by atoms with E-state index in [1.165, 1.54) is 37.0 Å². The molecule has 90 valence electrons. The van der Waals surface area contributed by atoms with Gasteiger partial charge in [0.2, 0.25) is 0 Å². The van der Waals surface area contributed by atoms with Crippen LogP contribution in [0.5, 0.6) is 0 Å². The molecule has 1 aromatic carbocycles.